The van der Waals surface area contributed by atoms with Gasteiger partial charge in [-0.2, -0.15) is 0 Å². The number of halogens is 1. The zero-order valence-corrected chi connectivity index (χ0v) is 17.5. The maximum atomic E-state index is 14.4. The molecule has 3 atom stereocenters. The number of hydrogen-bond donors (Lipinski definition) is 3. The van der Waals surface area contributed by atoms with Gasteiger partial charge >= 0.3 is 0 Å². The molecule has 2 aromatic rings. The summed E-state index contributed by atoms with van der Waals surface area (Å²) in [6.45, 7) is 1.24. The first-order chi connectivity index (χ1) is 15.0. The predicted molar refractivity (Wildman–Crippen MR) is 115 cm³/mol. The van der Waals surface area contributed by atoms with Crippen molar-refractivity contribution >= 4 is 5.78 Å². The number of β-amino-alcohol motifs (C(OH)–C–C–N with tert-alkyl or cyclic N) is 1. The topological polar surface area (TPSA) is 90.2 Å². The lowest BCUT2D eigenvalue weighted by atomic mass is 9.95. The fraction of sp³-hybridized carbons (Fsp3) is 0.458. The number of carbonyl (C=O) groups excluding carboxylic acids is 1. The molecule has 7 heteroatoms. The third-order valence-electron chi connectivity index (χ3n) is 5.67. The highest BCUT2D eigenvalue weighted by Gasteiger charge is 2.40. The number of carbonyl (C=O) groups is 1. The first kappa shape index (κ1) is 23.5. The minimum atomic E-state index is -1.36. The number of unbranched alkanes of at least 4 members (excludes halogenated alkanes) is 2. The molecule has 3 N–H and O–H groups in total. The van der Waals surface area contributed by atoms with Crippen molar-refractivity contribution in [3.8, 4) is 11.1 Å². The molecule has 0 bridgehead atoms. The molecule has 2 aromatic carbocycles. The number of likely N-dealkylation sites (tertiary alicyclic amines) is 1. The second kappa shape index (κ2) is 11.5. The number of nitrogens with zero attached hydrogens (tertiary/aromatic N) is 1. The summed E-state index contributed by atoms with van der Waals surface area (Å²) in [4.78, 5) is 13.4. The second-order valence-corrected chi connectivity index (χ2v) is 7.90. The monoisotopic (exact) mass is 431 g/mol. The number of Topliss-reactive ketones (excluding diaryl/α,β-unsaturated/α-hetero) is 1. The molecule has 6 nitrogen and oxygen atoms in total. The van der Waals surface area contributed by atoms with Gasteiger partial charge in [-0.1, -0.05) is 42.5 Å². The van der Waals surface area contributed by atoms with E-state index in [1.165, 1.54) is 6.07 Å². The van der Waals surface area contributed by atoms with Crippen LogP contribution in [0.15, 0.2) is 48.5 Å². The number of ketones is 1. The van der Waals surface area contributed by atoms with Crippen LogP contribution in [0.1, 0.15) is 24.8 Å². The van der Waals surface area contributed by atoms with Crippen LogP contribution in [0, 0.1) is 5.82 Å². The lowest BCUT2D eigenvalue weighted by Gasteiger charge is -2.39. The van der Waals surface area contributed by atoms with Crippen LogP contribution < -0.4 is 0 Å². The van der Waals surface area contributed by atoms with Gasteiger partial charge in [-0.05, 0) is 43.0 Å². The van der Waals surface area contributed by atoms with E-state index in [0.717, 1.165) is 30.4 Å². The van der Waals surface area contributed by atoms with Gasteiger partial charge in [0.15, 0.2) is 5.78 Å². The minimum Gasteiger partial charge on any atom is -0.395 e. The van der Waals surface area contributed by atoms with Crippen molar-refractivity contribution in [2.45, 2.75) is 44.1 Å². The van der Waals surface area contributed by atoms with Crippen molar-refractivity contribution in [1.29, 1.82) is 0 Å². The molecule has 0 unspecified atom stereocenters. The maximum absolute atomic E-state index is 14.4. The third-order valence-corrected chi connectivity index (χ3v) is 5.67. The molecule has 0 saturated carbocycles. The SMILES string of the molecule is O=C1[C@@H](O)CN(CCCCCOCc2ccc(-c3ccccc3)c(F)c2)[C@@H](CO)[C@H]1O. The normalized spacial score (nSPS) is 22.1. The predicted octanol–water partition coefficient (Wildman–Crippen LogP) is 2.15. The van der Waals surface area contributed by atoms with E-state index in [1.54, 1.807) is 11.0 Å². The summed E-state index contributed by atoms with van der Waals surface area (Å²) >= 11 is 0. The van der Waals surface area contributed by atoms with Crippen molar-refractivity contribution in [3.63, 3.8) is 0 Å². The Labute approximate surface area is 181 Å². The Balaban J connectivity index is 1.35. The average molecular weight is 432 g/mol. The summed E-state index contributed by atoms with van der Waals surface area (Å²) in [5.74, 6) is -0.896. The number of aliphatic hydroxyl groups is 3. The Bertz CT molecular complexity index is 847. The van der Waals surface area contributed by atoms with Gasteiger partial charge in [-0.25, -0.2) is 4.39 Å². The van der Waals surface area contributed by atoms with Gasteiger partial charge in [0.1, 0.15) is 18.0 Å². The maximum Gasteiger partial charge on any atom is 0.192 e. The third kappa shape index (κ3) is 6.18. The van der Waals surface area contributed by atoms with Crippen molar-refractivity contribution in [2.24, 2.45) is 0 Å². The molecule has 1 heterocycles. The summed E-state index contributed by atoms with van der Waals surface area (Å²) in [6.07, 6.45) is -0.114. The van der Waals surface area contributed by atoms with Crippen LogP contribution >= 0.6 is 0 Å². The van der Waals surface area contributed by atoms with Gasteiger partial charge in [-0.15, -0.1) is 0 Å². The van der Waals surface area contributed by atoms with Gasteiger partial charge < -0.3 is 20.1 Å². The molecule has 1 aliphatic heterocycles. The van der Waals surface area contributed by atoms with Crippen LogP contribution in [0.25, 0.3) is 11.1 Å². The summed E-state index contributed by atoms with van der Waals surface area (Å²) in [5.41, 5.74) is 2.19. The zero-order valence-electron chi connectivity index (χ0n) is 17.5. The molecular formula is C24H30FNO5. The molecule has 0 spiro atoms. The number of piperidine rings is 1. The number of rotatable bonds is 10. The minimum absolute atomic E-state index is 0.127. The molecule has 1 fully saturated rings. The van der Waals surface area contributed by atoms with Crippen molar-refractivity contribution < 1.29 is 29.2 Å². The number of hydrogen-bond acceptors (Lipinski definition) is 6. The van der Waals surface area contributed by atoms with Crippen molar-refractivity contribution in [2.75, 3.05) is 26.3 Å². The second-order valence-electron chi connectivity index (χ2n) is 7.90. The van der Waals surface area contributed by atoms with E-state index in [9.17, 15) is 24.5 Å². The molecule has 3 rings (SSSR count). The van der Waals surface area contributed by atoms with Gasteiger partial charge in [0.05, 0.1) is 19.3 Å². The Morgan fingerprint density at radius 1 is 1.06 bits per heavy atom. The molecule has 1 saturated heterocycles. The van der Waals surface area contributed by atoms with Gasteiger partial charge in [0.2, 0.25) is 0 Å². The van der Waals surface area contributed by atoms with Gasteiger partial charge in [0, 0.05) is 18.7 Å². The fourth-order valence-electron chi connectivity index (χ4n) is 3.89. The Kier molecular flexibility index (Phi) is 8.69. The van der Waals surface area contributed by atoms with Crippen molar-refractivity contribution in [1.82, 2.24) is 4.90 Å². The summed E-state index contributed by atoms with van der Waals surface area (Å²) < 4.78 is 20.1. The number of aliphatic hydroxyl groups excluding tert-OH is 3. The standard InChI is InChI=1S/C24H30FNO5/c25-20-13-17(9-10-19(20)18-7-3-1-4-8-18)16-31-12-6-2-5-11-26-14-22(28)24(30)23(29)21(26)15-27/h1,3-4,7-10,13,21-23,27-29H,2,5-6,11-12,14-16H2/t21-,22-,23+/m0/s1. The van der Waals surface area contributed by atoms with E-state index in [-0.39, 0.29) is 19.0 Å². The Morgan fingerprint density at radius 3 is 2.55 bits per heavy atom. The lowest BCUT2D eigenvalue weighted by Crippen LogP contribution is -2.60. The van der Waals surface area contributed by atoms with E-state index < -0.39 is 24.0 Å². The van der Waals surface area contributed by atoms with Gasteiger partial charge in [-0.3, -0.25) is 9.69 Å². The van der Waals surface area contributed by atoms with E-state index in [0.29, 0.717) is 25.3 Å². The number of ether oxygens (including phenoxy) is 1. The first-order valence-electron chi connectivity index (χ1n) is 10.7. The molecule has 0 aromatic heterocycles. The van der Waals surface area contributed by atoms with Crippen LogP contribution in [0.4, 0.5) is 4.39 Å². The smallest absolute Gasteiger partial charge is 0.192 e. The van der Waals surface area contributed by atoms with E-state index >= 15 is 0 Å². The van der Waals surface area contributed by atoms with Crippen LogP contribution in [-0.2, 0) is 16.1 Å². The number of benzene rings is 2. The van der Waals surface area contributed by atoms with Crippen LogP contribution in [-0.4, -0.2) is 70.6 Å². The van der Waals surface area contributed by atoms with E-state index in [2.05, 4.69) is 0 Å². The quantitative estimate of drug-likeness (QED) is 0.500. The fourth-order valence-corrected chi connectivity index (χ4v) is 3.89. The Morgan fingerprint density at radius 2 is 1.84 bits per heavy atom. The van der Waals surface area contributed by atoms with Crippen LogP contribution in [0.5, 0.6) is 0 Å². The largest absolute Gasteiger partial charge is 0.395 e. The highest BCUT2D eigenvalue weighted by molar-refractivity contribution is 5.88. The molecule has 0 amide bonds. The highest BCUT2D eigenvalue weighted by atomic mass is 19.1. The molecule has 168 valence electrons. The Hall–Kier alpha value is -2.16. The van der Waals surface area contributed by atoms with Crippen LogP contribution in [0.2, 0.25) is 0 Å². The van der Waals surface area contributed by atoms with E-state index in [4.69, 9.17) is 4.74 Å². The zero-order chi connectivity index (χ0) is 22.2. The van der Waals surface area contributed by atoms with Gasteiger partial charge in [0.25, 0.3) is 0 Å². The average Bonchev–Trinajstić information content (AvgIpc) is 2.77. The summed E-state index contributed by atoms with van der Waals surface area (Å²) in [6, 6.07) is 13.9. The highest BCUT2D eigenvalue weighted by Crippen LogP contribution is 2.23. The lowest BCUT2D eigenvalue weighted by molar-refractivity contribution is -0.150. The molecule has 1 aliphatic rings. The summed E-state index contributed by atoms with van der Waals surface area (Å²) in [5, 5.41) is 29.1. The molecule has 0 aliphatic carbocycles. The molecule has 0 radical (unpaired) electrons. The first-order valence-corrected chi connectivity index (χ1v) is 10.7. The van der Waals surface area contributed by atoms with Crippen LogP contribution in [0.3, 0.4) is 0 Å². The molecule has 31 heavy (non-hydrogen) atoms. The summed E-state index contributed by atoms with van der Waals surface area (Å²) in [7, 11) is 0. The molecular weight excluding hydrogens is 401 g/mol. The van der Waals surface area contributed by atoms with Crippen molar-refractivity contribution in [3.05, 3.63) is 59.9 Å². The van der Waals surface area contributed by atoms with E-state index in [1.807, 2.05) is 36.4 Å².